The third-order valence-electron chi connectivity index (χ3n) is 8.27. The quantitative estimate of drug-likeness (QED) is 0.142. The van der Waals surface area contributed by atoms with Crippen LogP contribution in [0.3, 0.4) is 0 Å². The summed E-state index contributed by atoms with van der Waals surface area (Å²) >= 11 is 0.967. The van der Waals surface area contributed by atoms with Gasteiger partial charge in [-0.15, -0.1) is 11.8 Å². The molecule has 11 atom stereocenters. The molecule has 2 aliphatic rings. The zero-order valence-electron chi connectivity index (χ0n) is 33.8. The molecule has 0 N–H and O–H groups in total. The Hall–Kier alpha value is -4.87. The van der Waals surface area contributed by atoms with Gasteiger partial charge in [0, 0.05) is 62.3 Å². The summed E-state index contributed by atoms with van der Waals surface area (Å²) in [5.41, 5.74) is -1.19. The van der Waals surface area contributed by atoms with Gasteiger partial charge >= 0.3 is 47.8 Å². The van der Waals surface area contributed by atoms with Gasteiger partial charge in [-0.3, -0.25) is 48.1 Å². The maximum Gasteiger partial charge on any atom is 0.366 e. The van der Waals surface area contributed by atoms with Gasteiger partial charge in [0.15, 0.2) is 24.4 Å². The number of methoxy groups -OCH3 is 1. The van der Waals surface area contributed by atoms with Gasteiger partial charge in [0.05, 0.1) is 13.5 Å². The Balaban J connectivity index is 3.14. The first-order valence-corrected chi connectivity index (χ1v) is 18.8. The van der Waals surface area contributed by atoms with Crippen LogP contribution in [0.2, 0.25) is 0 Å². The topological polar surface area (TPSA) is 275 Å². The van der Waals surface area contributed by atoms with Crippen molar-refractivity contribution < 1.29 is 100 Å². The predicted octanol–water partition coefficient (Wildman–Crippen LogP) is -0.334. The summed E-state index contributed by atoms with van der Waals surface area (Å²) in [6.45, 7) is 7.50. The fraction of sp³-hybridized carbons (Fsp3) is 0.714. The number of carbonyl (C=O) groups is 10. The van der Waals surface area contributed by atoms with Crippen LogP contribution in [0.5, 0.6) is 0 Å². The molecule has 0 aromatic heterocycles. The standard InChI is InChI=1S/C35H49NO21S/c1-15(37)36(16(2)38)27-24(50-19(5)41)12-35(34(46)47-10,56-30(27)28(52-21(7)43)25(51-20(6)42)13-48-17(3)39)57-31-29(53-22(8)44)26(14-49-18(4)40)55-33(58-11)32(31)54-23(9)45/h24-33H,12-14H2,1-11H3/t24-,25+,26+,27+,28+,29-,30+,31-,32+,33-,35-/m0/s1. The molecule has 22 nitrogen and oxygen atoms in total. The lowest BCUT2D eigenvalue weighted by molar-refractivity contribution is -0.354. The Kier molecular flexibility index (Phi) is 18.5. The summed E-state index contributed by atoms with van der Waals surface area (Å²) in [6, 6.07) is -1.83. The zero-order valence-corrected chi connectivity index (χ0v) is 34.6. The molecular weight excluding hydrogens is 802 g/mol. The van der Waals surface area contributed by atoms with Gasteiger partial charge in [0.2, 0.25) is 11.8 Å². The Labute approximate surface area is 337 Å². The van der Waals surface area contributed by atoms with Crippen LogP contribution in [0.1, 0.15) is 68.7 Å². The molecule has 58 heavy (non-hydrogen) atoms. The van der Waals surface area contributed by atoms with Gasteiger partial charge in [0.1, 0.15) is 49.1 Å². The van der Waals surface area contributed by atoms with Crippen molar-refractivity contribution in [1.82, 2.24) is 4.90 Å². The number of imide groups is 1. The van der Waals surface area contributed by atoms with E-state index in [4.69, 9.17) is 52.1 Å². The molecule has 326 valence electrons. The molecule has 2 heterocycles. The van der Waals surface area contributed by atoms with E-state index in [-0.39, 0.29) is 0 Å². The number of esters is 8. The Morgan fingerprint density at radius 3 is 1.67 bits per heavy atom. The first-order valence-electron chi connectivity index (χ1n) is 17.5. The number of thioether (sulfide) groups is 1. The minimum absolute atomic E-state index is 0.565. The molecule has 23 heteroatoms. The number of amides is 2. The highest BCUT2D eigenvalue weighted by molar-refractivity contribution is 7.99. The van der Waals surface area contributed by atoms with Crippen molar-refractivity contribution in [2.45, 2.75) is 135 Å². The number of nitrogens with zero attached hydrogens (tertiary/aromatic N) is 1. The van der Waals surface area contributed by atoms with Gasteiger partial charge in [0.25, 0.3) is 5.79 Å². The SMILES string of the molecule is COC(=O)[C@@]1(O[C@H]2[C@@H](OC(C)=O)[C@@H](COC(C)=O)O[C@@H](SC)[C@@H]2OC(C)=O)C[C@H](OC(C)=O)[C@@H](N(C(C)=O)C(C)=O)[C@H]([C@H](OC(C)=O)[C@@H](COC(C)=O)OC(C)=O)O1. The molecular formula is C35H49NO21S. The third-order valence-corrected chi connectivity index (χ3v) is 9.11. The minimum atomic E-state index is -2.94. The van der Waals surface area contributed by atoms with Crippen LogP contribution in [-0.4, -0.2) is 157 Å². The fourth-order valence-electron chi connectivity index (χ4n) is 6.45. The summed E-state index contributed by atoms with van der Waals surface area (Å²) in [5, 5.41) is 0. The average molecular weight is 852 g/mol. The summed E-state index contributed by atoms with van der Waals surface area (Å²) in [5.74, 6) is -12.9. The lowest BCUT2D eigenvalue weighted by Gasteiger charge is -2.53. The second-order valence-corrected chi connectivity index (χ2v) is 13.8. The molecule has 0 spiro atoms. The fourth-order valence-corrected chi connectivity index (χ4v) is 7.18. The monoisotopic (exact) mass is 851 g/mol. The first-order chi connectivity index (χ1) is 27.0. The number of rotatable bonds is 16. The zero-order chi connectivity index (χ0) is 44.2. The highest BCUT2D eigenvalue weighted by Crippen LogP contribution is 2.43. The number of hydrogen-bond acceptors (Lipinski definition) is 22. The van der Waals surface area contributed by atoms with Crippen LogP contribution in [0.15, 0.2) is 0 Å². The lowest BCUT2D eigenvalue weighted by Crippen LogP contribution is -2.72. The predicted molar refractivity (Wildman–Crippen MR) is 189 cm³/mol. The molecule has 0 aromatic carbocycles. The molecule has 0 radical (unpaired) electrons. The van der Waals surface area contributed by atoms with Crippen molar-refractivity contribution in [3.05, 3.63) is 0 Å². The summed E-state index contributed by atoms with van der Waals surface area (Å²) in [6.07, 6.45) is -13.6. The van der Waals surface area contributed by atoms with E-state index in [1.54, 1.807) is 0 Å². The molecule has 0 saturated carbocycles. The van der Waals surface area contributed by atoms with Crippen molar-refractivity contribution in [2.24, 2.45) is 0 Å². The van der Waals surface area contributed by atoms with E-state index in [1.165, 1.54) is 6.26 Å². The lowest BCUT2D eigenvalue weighted by atomic mass is 9.86. The molecule has 2 aliphatic heterocycles. The van der Waals surface area contributed by atoms with E-state index in [2.05, 4.69) is 0 Å². The molecule has 0 aliphatic carbocycles. The van der Waals surface area contributed by atoms with Crippen molar-refractivity contribution in [2.75, 3.05) is 26.6 Å². The second-order valence-electron chi connectivity index (χ2n) is 12.9. The van der Waals surface area contributed by atoms with E-state index in [1.807, 2.05) is 0 Å². The largest absolute Gasteiger partial charge is 0.465 e. The highest BCUT2D eigenvalue weighted by Gasteiger charge is 2.64. The van der Waals surface area contributed by atoms with Crippen molar-refractivity contribution in [1.29, 1.82) is 0 Å². The smallest absolute Gasteiger partial charge is 0.366 e. The second kappa shape index (κ2) is 21.8. The van der Waals surface area contributed by atoms with Crippen molar-refractivity contribution in [3.8, 4) is 0 Å². The molecule has 2 fully saturated rings. The van der Waals surface area contributed by atoms with E-state index in [0.29, 0.717) is 4.90 Å². The van der Waals surface area contributed by atoms with Crippen LogP contribution in [-0.2, 0) is 100 Å². The van der Waals surface area contributed by atoms with E-state index in [9.17, 15) is 47.9 Å². The van der Waals surface area contributed by atoms with E-state index in [0.717, 1.165) is 81.2 Å². The van der Waals surface area contributed by atoms with E-state index < -0.39 is 145 Å². The minimum Gasteiger partial charge on any atom is -0.465 e. The first kappa shape index (κ1) is 49.3. The Bertz CT molecular complexity index is 1570. The van der Waals surface area contributed by atoms with Crippen molar-refractivity contribution >= 4 is 71.3 Å². The van der Waals surface area contributed by atoms with Gasteiger partial charge in [-0.1, -0.05) is 0 Å². The van der Waals surface area contributed by atoms with Crippen LogP contribution in [0, 0.1) is 0 Å². The third kappa shape index (κ3) is 13.3. The Morgan fingerprint density at radius 1 is 0.690 bits per heavy atom. The summed E-state index contributed by atoms with van der Waals surface area (Å²) in [4.78, 5) is 128. The van der Waals surface area contributed by atoms with Gasteiger partial charge in [-0.2, -0.15) is 0 Å². The summed E-state index contributed by atoms with van der Waals surface area (Å²) in [7, 11) is 0.896. The van der Waals surface area contributed by atoms with Gasteiger partial charge in [-0.25, -0.2) is 4.79 Å². The number of ether oxygens (including phenoxy) is 11. The molecule has 2 saturated heterocycles. The molecule has 0 aromatic rings. The van der Waals surface area contributed by atoms with Crippen LogP contribution >= 0.6 is 11.8 Å². The number of carbonyl (C=O) groups excluding carboxylic acids is 10. The highest BCUT2D eigenvalue weighted by atomic mass is 32.2. The van der Waals surface area contributed by atoms with Crippen LogP contribution < -0.4 is 0 Å². The van der Waals surface area contributed by atoms with E-state index >= 15 is 0 Å². The normalized spacial score (nSPS) is 27.6. The molecule has 0 bridgehead atoms. The molecule has 2 amide bonds. The van der Waals surface area contributed by atoms with Crippen LogP contribution in [0.25, 0.3) is 0 Å². The number of hydrogen-bond donors (Lipinski definition) is 0. The van der Waals surface area contributed by atoms with Crippen LogP contribution in [0.4, 0.5) is 0 Å². The van der Waals surface area contributed by atoms with Gasteiger partial charge < -0.3 is 52.1 Å². The maximum atomic E-state index is 14.3. The summed E-state index contributed by atoms with van der Waals surface area (Å²) < 4.78 is 62.1. The molecule has 0 unspecified atom stereocenters. The maximum absolute atomic E-state index is 14.3. The van der Waals surface area contributed by atoms with Gasteiger partial charge in [-0.05, 0) is 6.26 Å². The van der Waals surface area contributed by atoms with Crippen molar-refractivity contribution in [3.63, 3.8) is 0 Å². The average Bonchev–Trinajstić information content (AvgIpc) is 3.09. The Morgan fingerprint density at radius 2 is 1.22 bits per heavy atom. The molecule has 2 rings (SSSR count).